The third-order valence-electron chi connectivity index (χ3n) is 3.04. The van der Waals surface area contributed by atoms with E-state index in [1.165, 1.54) is 32.1 Å². The lowest BCUT2D eigenvalue weighted by atomic mass is 9.89. The summed E-state index contributed by atoms with van der Waals surface area (Å²) in [5.41, 5.74) is 0. The van der Waals surface area contributed by atoms with Gasteiger partial charge in [-0.15, -0.1) is 6.58 Å². The van der Waals surface area contributed by atoms with Crippen LogP contribution < -0.4 is 0 Å². The zero-order chi connectivity index (χ0) is 10.2. The average molecular weight is 197 g/mol. The summed E-state index contributed by atoms with van der Waals surface area (Å²) in [4.78, 5) is 2.31. The van der Waals surface area contributed by atoms with Crippen molar-refractivity contribution in [2.24, 2.45) is 5.92 Å². The molecule has 1 saturated carbocycles. The van der Waals surface area contributed by atoms with E-state index in [0.717, 1.165) is 25.6 Å². The van der Waals surface area contributed by atoms with Crippen LogP contribution in [0.1, 0.15) is 32.1 Å². The molecule has 0 spiro atoms. The van der Waals surface area contributed by atoms with Gasteiger partial charge in [0.2, 0.25) is 0 Å². The minimum Gasteiger partial charge on any atom is -0.395 e. The number of aliphatic hydroxyl groups is 1. The standard InChI is InChI=1S/C12H23NO/c1-2-8-13(9-10-14)11-12-6-4-3-5-7-12/h2,12,14H,1,3-11H2. The first kappa shape index (κ1) is 11.7. The Morgan fingerprint density at radius 1 is 1.29 bits per heavy atom. The second kappa shape index (κ2) is 7.02. The van der Waals surface area contributed by atoms with Crippen LogP contribution in [0.3, 0.4) is 0 Å². The molecule has 2 heteroatoms. The summed E-state index contributed by atoms with van der Waals surface area (Å²) in [6.07, 6.45) is 8.88. The molecular formula is C12H23NO. The fourth-order valence-electron chi connectivity index (χ4n) is 2.32. The predicted molar refractivity (Wildman–Crippen MR) is 60.3 cm³/mol. The molecule has 0 amide bonds. The smallest absolute Gasteiger partial charge is 0.0558 e. The molecule has 82 valence electrons. The monoisotopic (exact) mass is 197 g/mol. The van der Waals surface area contributed by atoms with Crippen molar-refractivity contribution in [1.29, 1.82) is 0 Å². The van der Waals surface area contributed by atoms with E-state index in [-0.39, 0.29) is 6.61 Å². The maximum atomic E-state index is 8.92. The Balaban J connectivity index is 2.25. The van der Waals surface area contributed by atoms with Crippen molar-refractivity contribution in [2.75, 3.05) is 26.2 Å². The van der Waals surface area contributed by atoms with Crippen molar-refractivity contribution < 1.29 is 5.11 Å². The number of rotatable bonds is 6. The van der Waals surface area contributed by atoms with Crippen molar-refractivity contribution in [3.05, 3.63) is 12.7 Å². The lowest BCUT2D eigenvalue weighted by Gasteiger charge is -2.28. The van der Waals surface area contributed by atoms with Crippen LogP contribution in [0.2, 0.25) is 0 Å². The van der Waals surface area contributed by atoms with Gasteiger partial charge in [0.25, 0.3) is 0 Å². The van der Waals surface area contributed by atoms with Gasteiger partial charge in [0, 0.05) is 19.6 Å². The van der Waals surface area contributed by atoms with Gasteiger partial charge in [-0.2, -0.15) is 0 Å². The molecule has 0 bridgehead atoms. The molecule has 0 atom stereocenters. The Hall–Kier alpha value is -0.340. The lowest BCUT2D eigenvalue weighted by molar-refractivity contribution is 0.172. The van der Waals surface area contributed by atoms with Gasteiger partial charge in [0.15, 0.2) is 0 Å². The molecule has 0 unspecified atom stereocenters. The van der Waals surface area contributed by atoms with E-state index in [4.69, 9.17) is 5.11 Å². The summed E-state index contributed by atoms with van der Waals surface area (Å²) in [6, 6.07) is 0. The van der Waals surface area contributed by atoms with Crippen LogP contribution in [0.15, 0.2) is 12.7 Å². The van der Waals surface area contributed by atoms with E-state index in [1.807, 2.05) is 6.08 Å². The molecule has 0 aromatic heterocycles. The van der Waals surface area contributed by atoms with Crippen LogP contribution in [0, 0.1) is 5.92 Å². The van der Waals surface area contributed by atoms with Gasteiger partial charge in [-0.05, 0) is 18.8 Å². The summed E-state index contributed by atoms with van der Waals surface area (Å²) < 4.78 is 0. The Labute approximate surface area is 87.6 Å². The summed E-state index contributed by atoms with van der Waals surface area (Å²) in [5.74, 6) is 0.857. The van der Waals surface area contributed by atoms with Crippen molar-refractivity contribution in [1.82, 2.24) is 4.90 Å². The molecule has 1 aliphatic rings. The van der Waals surface area contributed by atoms with Crippen molar-refractivity contribution in [2.45, 2.75) is 32.1 Å². The molecule has 0 radical (unpaired) electrons. The van der Waals surface area contributed by atoms with Crippen molar-refractivity contribution >= 4 is 0 Å². The van der Waals surface area contributed by atoms with Gasteiger partial charge in [-0.3, -0.25) is 4.90 Å². The van der Waals surface area contributed by atoms with Gasteiger partial charge in [0.1, 0.15) is 0 Å². The van der Waals surface area contributed by atoms with E-state index in [2.05, 4.69) is 11.5 Å². The summed E-state index contributed by atoms with van der Waals surface area (Å²) in [7, 11) is 0. The SMILES string of the molecule is C=CCN(CCO)CC1CCCCC1. The maximum absolute atomic E-state index is 8.92. The number of hydrogen-bond acceptors (Lipinski definition) is 2. The number of aliphatic hydroxyl groups excluding tert-OH is 1. The Bertz CT molecular complexity index is 152. The van der Waals surface area contributed by atoms with Crippen LogP contribution in [0.5, 0.6) is 0 Å². The van der Waals surface area contributed by atoms with E-state index < -0.39 is 0 Å². The molecule has 1 N–H and O–H groups in total. The van der Waals surface area contributed by atoms with Gasteiger partial charge in [-0.1, -0.05) is 25.3 Å². The first-order valence-corrected chi connectivity index (χ1v) is 5.81. The summed E-state index contributed by atoms with van der Waals surface area (Å²) in [5, 5.41) is 8.92. The Kier molecular flexibility index (Phi) is 5.88. The predicted octanol–water partition coefficient (Wildman–Crippen LogP) is 2.05. The van der Waals surface area contributed by atoms with Crippen LogP contribution in [0.25, 0.3) is 0 Å². The molecular weight excluding hydrogens is 174 g/mol. The van der Waals surface area contributed by atoms with E-state index in [0.29, 0.717) is 0 Å². The third-order valence-corrected chi connectivity index (χ3v) is 3.04. The fraction of sp³-hybridized carbons (Fsp3) is 0.833. The molecule has 0 aliphatic heterocycles. The van der Waals surface area contributed by atoms with Gasteiger partial charge in [0.05, 0.1) is 6.61 Å². The zero-order valence-corrected chi connectivity index (χ0v) is 9.12. The van der Waals surface area contributed by atoms with Gasteiger partial charge < -0.3 is 5.11 Å². The Morgan fingerprint density at radius 3 is 2.57 bits per heavy atom. The largest absolute Gasteiger partial charge is 0.395 e. The second-order valence-electron chi connectivity index (χ2n) is 4.28. The summed E-state index contributed by atoms with van der Waals surface area (Å²) >= 11 is 0. The second-order valence-corrected chi connectivity index (χ2v) is 4.28. The van der Waals surface area contributed by atoms with E-state index in [9.17, 15) is 0 Å². The third kappa shape index (κ3) is 4.25. The molecule has 0 heterocycles. The molecule has 0 saturated heterocycles. The highest BCUT2D eigenvalue weighted by Crippen LogP contribution is 2.24. The molecule has 1 aliphatic carbocycles. The molecule has 0 aromatic rings. The van der Waals surface area contributed by atoms with E-state index >= 15 is 0 Å². The summed E-state index contributed by atoms with van der Waals surface area (Å²) in [6.45, 7) is 6.87. The highest BCUT2D eigenvalue weighted by atomic mass is 16.3. The van der Waals surface area contributed by atoms with Gasteiger partial charge in [-0.25, -0.2) is 0 Å². The fourth-order valence-corrected chi connectivity index (χ4v) is 2.32. The number of hydrogen-bond donors (Lipinski definition) is 1. The first-order chi connectivity index (χ1) is 6.86. The van der Waals surface area contributed by atoms with Crippen LogP contribution in [-0.4, -0.2) is 36.2 Å². The topological polar surface area (TPSA) is 23.5 Å². The normalized spacial score (nSPS) is 18.7. The van der Waals surface area contributed by atoms with Gasteiger partial charge >= 0.3 is 0 Å². The number of nitrogens with zero attached hydrogens (tertiary/aromatic N) is 1. The van der Waals surface area contributed by atoms with Crippen molar-refractivity contribution in [3.63, 3.8) is 0 Å². The van der Waals surface area contributed by atoms with E-state index in [1.54, 1.807) is 0 Å². The maximum Gasteiger partial charge on any atom is 0.0558 e. The van der Waals surface area contributed by atoms with Crippen LogP contribution in [0.4, 0.5) is 0 Å². The molecule has 14 heavy (non-hydrogen) atoms. The first-order valence-electron chi connectivity index (χ1n) is 5.81. The van der Waals surface area contributed by atoms with Crippen molar-refractivity contribution in [3.8, 4) is 0 Å². The van der Waals surface area contributed by atoms with Crippen LogP contribution in [-0.2, 0) is 0 Å². The minimum atomic E-state index is 0.264. The highest BCUT2D eigenvalue weighted by Gasteiger charge is 2.16. The molecule has 2 nitrogen and oxygen atoms in total. The highest BCUT2D eigenvalue weighted by molar-refractivity contribution is 4.76. The molecule has 1 rings (SSSR count). The lowest BCUT2D eigenvalue weighted by Crippen LogP contribution is -2.33. The quantitative estimate of drug-likeness (QED) is 0.659. The Morgan fingerprint density at radius 2 is 2.00 bits per heavy atom. The minimum absolute atomic E-state index is 0.264. The van der Waals surface area contributed by atoms with Crippen LogP contribution >= 0.6 is 0 Å². The molecule has 0 aromatic carbocycles. The average Bonchev–Trinajstić information content (AvgIpc) is 2.20. The zero-order valence-electron chi connectivity index (χ0n) is 9.12. The molecule has 1 fully saturated rings.